The molecule has 0 atom stereocenters. The maximum Gasteiger partial charge on any atom is 0.255 e. The second-order valence-corrected chi connectivity index (χ2v) is 8.00. The molecule has 1 aliphatic rings. The number of benzene rings is 2. The molecule has 0 radical (unpaired) electrons. The minimum atomic E-state index is -0.204. The van der Waals surface area contributed by atoms with Crippen LogP contribution in [-0.2, 0) is 6.54 Å². The average Bonchev–Trinajstić information content (AvgIpc) is 3.03. The molecule has 0 saturated carbocycles. The predicted molar refractivity (Wildman–Crippen MR) is 122 cm³/mol. The summed E-state index contributed by atoms with van der Waals surface area (Å²) in [5.41, 5.74) is 2.84. The van der Waals surface area contributed by atoms with Crippen molar-refractivity contribution < 1.29 is 9.59 Å². The zero-order valence-electron chi connectivity index (χ0n) is 18.0. The van der Waals surface area contributed by atoms with Gasteiger partial charge in [-0.1, -0.05) is 50.5 Å². The zero-order valence-corrected chi connectivity index (χ0v) is 18.0. The molecular formula is C25H33N3O2. The van der Waals surface area contributed by atoms with Gasteiger partial charge in [0, 0.05) is 18.7 Å². The van der Waals surface area contributed by atoms with E-state index in [1.807, 2.05) is 36.4 Å². The Morgan fingerprint density at radius 2 is 1.60 bits per heavy atom. The van der Waals surface area contributed by atoms with Crippen LogP contribution < -0.4 is 10.6 Å². The first-order valence-electron chi connectivity index (χ1n) is 11.2. The highest BCUT2D eigenvalue weighted by Crippen LogP contribution is 2.18. The van der Waals surface area contributed by atoms with Crippen molar-refractivity contribution >= 4 is 17.5 Å². The first-order chi connectivity index (χ1) is 14.7. The Morgan fingerprint density at radius 1 is 0.900 bits per heavy atom. The highest BCUT2D eigenvalue weighted by Gasteiger charge is 2.14. The number of hydrogen-bond donors (Lipinski definition) is 2. The maximum atomic E-state index is 12.7. The van der Waals surface area contributed by atoms with E-state index in [9.17, 15) is 9.59 Å². The maximum absolute atomic E-state index is 12.7. The third-order valence-electron chi connectivity index (χ3n) is 5.56. The van der Waals surface area contributed by atoms with Crippen LogP contribution in [0, 0.1) is 0 Å². The van der Waals surface area contributed by atoms with Crippen LogP contribution in [0.5, 0.6) is 0 Å². The van der Waals surface area contributed by atoms with Crippen LogP contribution in [-0.4, -0.2) is 36.3 Å². The summed E-state index contributed by atoms with van der Waals surface area (Å²) in [6, 6.07) is 14.9. The number of amides is 2. The van der Waals surface area contributed by atoms with E-state index in [-0.39, 0.29) is 11.8 Å². The van der Waals surface area contributed by atoms with Gasteiger partial charge in [0.15, 0.2) is 0 Å². The van der Waals surface area contributed by atoms with Gasteiger partial charge in [-0.2, -0.15) is 0 Å². The number of carbonyl (C=O) groups excluding carboxylic acids is 2. The molecule has 0 unspecified atom stereocenters. The molecule has 3 rings (SSSR count). The molecule has 0 spiro atoms. The molecule has 1 aliphatic heterocycles. The third kappa shape index (κ3) is 6.42. The smallest absolute Gasteiger partial charge is 0.255 e. The summed E-state index contributed by atoms with van der Waals surface area (Å²) in [7, 11) is 0. The van der Waals surface area contributed by atoms with Gasteiger partial charge in [0.25, 0.3) is 11.8 Å². The van der Waals surface area contributed by atoms with Crippen molar-refractivity contribution in [2.45, 2.75) is 52.0 Å². The number of unbranched alkanes of at least 4 members (excludes halogenated alkanes) is 1. The summed E-state index contributed by atoms with van der Waals surface area (Å²) in [6.45, 7) is 5.96. The Hall–Kier alpha value is -2.66. The van der Waals surface area contributed by atoms with Crippen molar-refractivity contribution in [1.82, 2.24) is 10.2 Å². The Balaban J connectivity index is 1.61. The number of rotatable bonds is 8. The molecule has 2 aromatic rings. The van der Waals surface area contributed by atoms with Crippen LogP contribution in [0.25, 0.3) is 0 Å². The van der Waals surface area contributed by atoms with Crippen LogP contribution >= 0.6 is 0 Å². The van der Waals surface area contributed by atoms with Crippen molar-refractivity contribution in [1.29, 1.82) is 0 Å². The average molecular weight is 408 g/mol. The molecular weight excluding hydrogens is 374 g/mol. The second kappa shape index (κ2) is 11.5. The topological polar surface area (TPSA) is 61.4 Å². The standard InChI is InChI=1S/C25H33N3O2/c1-2-3-16-26-25(30)22-10-6-7-11-23(22)27-24(29)21-14-12-20(13-15-21)19-28-17-8-4-5-9-18-28/h6-7,10-15H,2-5,8-9,16-19H2,1H3,(H,26,30)(H,27,29). The van der Waals surface area contributed by atoms with Gasteiger partial charge in [-0.3, -0.25) is 14.5 Å². The van der Waals surface area contributed by atoms with Crippen molar-refractivity contribution in [2.24, 2.45) is 0 Å². The van der Waals surface area contributed by atoms with E-state index in [0.717, 1.165) is 32.5 Å². The molecule has 2 amide bonds. The van der Waals surface area contributed by atoms with E-state index >= 15 is 0 Å². The summed E-state index contributed by atoms with van der Waals surface area (Å²) < 4.78 is 0. The Morgan fingerprint density at radius 3 is 2.30 bits per heavy atom. The minimum absolute atomic E-state index is 0.160. The Labute approximate surface area is 179 Å². The van der Waals surface area contributed by atoms with E-state index < -0.39 is 0 Å². The molecule has 2 N–H and O–H groups in total. The molecule has 5 nitrogen and oxygen atoms in total. The fourth-order valence-corrected chi connectivity index (χ4v) is 3.77. The molecule has 0 aliphatic carbocycles. The molecule has 1 fully saturated rings. The summed E-state index contributed by atoms with van der Waals surface area (Å²) >= 11 is 0. The van der Waals surface area contributed by atoms with Crippen LogP contribution in [0.15, 0.2) is 48.5 Å². The number of nitrogens with zero attached hydrogens (tertiary/aromatic N) is 1. The molecule has 2 aromatic carbocycles. The van der Waals surface area contributed by atoms with E-state index in [1.165, 1.54) is 31.2 Å². The van der Waals surface area contributed by atoms with Crippen LogP contribution in [0.2, 0.25) is 0 Å². The van der Waals surface area contributed by atoms with Gasteiger partial charge in [-0.15, -0.1) is 0 Å². The molecule has 30 heavy (non-hydrogen) atoms. The number of likely N-dealkylation sites (tertiary alicyclic amines) is 1. The SMILES string of the molecule is CCCCNC(=O)c1ccccc1NC(=O)c1ccc(CN2CCCCCC2)cc1. The van der Waals surface area contributed by atoms with Crippen molar-refractivity contribution in [2.75, 3.05) is 25.0 Å². The minimum Gasteiger partial charge on any atom is -0.352 e. The predicted octanol–water partition coefficient (Wildman–Crippen LogP) is 4.84. The molecule has 1 heterocycles. The number of hydrogen-bond acceptors (Lipinski definition) is 3. The highest BCUT2D eigenvalue weighted by molar-refractivity contribution is 6.09. The van der Waals surface area contributed by atoms with Crippen LogP contribution in [0.1, 0.15) is 71.7 Å². The summed E-state index contributed by atoms with van der Waals surface area (Å²) in [4.78, 5) is 27.7. The van der Waals surface area contributed by atoms with Gasteiger partial charge in [0.1, 0.15) is 0 Å². The van der Waals surface area contributed by atoms with E-state index in [1.54, 1.807) is 12.1 Å². The lowest BCUT2D eigenvalue weighted by Gasteiger charge is -2.19. The fourth-order valence-electron chi connectivity index (χ4n) is 3.77. The van der Waals surface area contributed by atoms with Gasteiger partial charge in [-0.05, 0) is 62.2 Å². The van der Waals surface area contributed by atoms with Gasteiger partial charge in [0.05, 0.1) is 11.3 Å². The monoisotopic (exact) mass is 407 g/mol. The highest BCUT2D eigenvalue weighted by atomic mass is 16.2. The van der Waals surface area contributed by atoms with E-state index in [0.29, 0.717) is 23.4 Å². The molecule has 160 valence electrons. The number of para-hydroxylation sites is 1. The lowest BCUT2D eigenvalue weighted by atomic mass is 10.1. The summed E-state index contributed by atoms with van der Waals surface area (Å²) in [6.07, 6.45) is 7.15. The normalized spacial score (nSPS) is 14.7. The van der Waals surface area contributed by atoms with Crippen molar-refractivity contribution in [3.63, 3.8) is 0 Å². The number of anilines is 1. The third-order valence-corrected chi connectivity index (χ3v) is 5.56. The zero-order chi connectivity index (χ0) is 21.2. The van der Waals surface area contributed by atoms with Gasteiger partial charge in [0.2, 0.25) is 0 Å². The largest absolute Gasteiger partial charge is 0.352 e. The molecule has 0 bridgehead atoms. The van der Waals surface area contributed by atoms with E-state index in [4.69, 9.17) is 0 Å². The van der Waals surface area contributed by atoms with Gasteiger partial charge < -0.3 is 10.6 Å². The molecule has 5 heteroatoms. The lowest BCUT2D eigenvalue weighted by molar-refractivity contribution is 0.0954. The Kier molecular flexibility index (Phi) is 8.45. The Bertz CT molecular complexity index is 825. The quantitative estimate of drug-likeness (QED) is 0.615. The lowest BCUT2D eigenvalue weighted by Crippen LogP contribution is -2.26. The molecule has 0 aromatic heterocycles. The van der Waals surface area contributed by atoms with E-state index in [2.05, 4.69) is 22.5 Å². The summed E-state index contributed by atoms with van der Waals surface area (Å²) in [5.74, 6) is -0.364. The first-order valence-corrected chi connectivity index (χ1v) is 11.2. The van der Waals surface area contributed by atoms with Gasteiger partial charge >= 0.3 is 0 Å². The van der Waals surface area contributed by atoms with Crippen LogP contribution in [0.4, 0.5) is 5.69 Å². The number of carbonyl (C=O) groups is 2. The fraction of sp³-hybridized carbons (Fsp3) is 0.440. The number of nitrogens with one attached hydrogen (secondary N) is 2. The first kappa shape index (κ1) is 22.0. The second-order valence-electron chi connectivity index (χ2n) is 8.00. The molecule has 1 saturated heterocycles. The van der Waals surface area contributed by atoms with Crippen molar-refractivity contribution in [3.8, 4) is 0 Å². The van der Waals surface area contributed by atoms with Crippen LogP contribution in [0.3, 0.4) is 0 Å². The van der Waals surface area contributed by atoms with Gasteiger partial charge in [-0.25, -0.2) is 0 Å². The van der Waals surface area contributed by atoms with Crippen molar-refractivity contribution in [3.05, 3.63) is 65.2 Å². The summed E-state index contributed by atoms with van der Waals surface area (Å²) in [5, 5.41) is 5.81.